The van der Waals surface area contributed by atoms with Crippen molar-refractivity contribution in [3.05, 3.63) is 0 Å². The van der Waals surface area contributed by atoms with E-state index in [1.165, 1.54) is 57.9 Å². The molecular weight excluding hydrogens is 220 g/mol. The molecule has 2 heteroatoms. The van der Waals surface area contributed by atoms with Crippen LogP contribution in [0.2, 0.25) is 0 Å². The van der Waals surface area contributed by atoms with E-state index in [1.807, 2.05) is 0 Å². The van der Waals surface area contributed by atoms with Crippen LogP contribution in [-0.4, -0.2) is 26.2 Å². The Kier molecular flexibility index (Phi) is 9.59. The van der Waals surface area contributed by atoms with Gasteiger partial charge in [0.05, 0.1) is 0 Å². The zero-order valence-corrected chi connectivity index (χ0v) is 12.6. The van der Waals surface area contributed by atoms with E-state index in [9.17, 15) is 0 Å². The average molecular weight is 254 g/mol. The van der Waals surface area contributed by atoms with Crippen LogP contribution >= 0.6 is 0 Å². The molecule has 0 aromatic heterocycles. The Morgan fingerprint density at radius 1 is 0.778 bits per heavy atom. The number of nitrogens with one attached hydrogen (secondary N) is 2. The third-order valence-electron chi connectivity index (χ3n) is 4.27. The van der Waals surface area contributed by atoms with Crippen molar-refractivity contribution in [3.8, 4) is 0 Å². The van der Waals surface area contributed by atoms with E-state index < -0.39 is 0 Å². The summed E-state index contributed by atoms with van der Waals surface area (Å²) in [4.78, 5) is 0. The van der Waals surface area contributed by atoms with Gasteiger partial charge in [0.1, 0.15) is 0 Å². The molecule has 0 radical (unpaired) electrons. The molecule has 0 heterocycles. The molecule has 0 saturated heterocycles. The van der Waals surface area contributed by atoms with Crippen molar-refractivity contribution in [1.82, 2.24) is 10.6 Å². The van der Waals surface area contributed by atoms with Crippen molar-refractivity contribution in [2.45, 2.75) is 65.2 Å². The lowest BCUT2D eigenvalue weighted by molar-refractivity contribution is 0.254. The normalized spacial score (nSPS) is 24.3. The highest BCUT2D eigenvalue weighted by Gasteiger charge is 2.20. The summed E-state index contributed by atoms with van der Waals surface area (Å²) in [6.45, 7) is 9.19. The summed E-state index contributed by atoms with van der Waals surface area (Å²) >= 11 is 0. The Morgan fingerprint density at radius 2 is 1.44 bits per heavy atom. The molecule has 2 nitrogen and oxygen atoms in total. The quantitative estimate of drug-likeness (QED) is 0.582. The SMILES string of the molecule is CCCCC1CCC(CNCCNCCC)CC1. The molecule has 1 fully saturated rings. The Bertz CT molecular complexity index is 174. The Hall–Kier alpha value is -0.0800. The molecule has 0 amide bonds. The predicted octanol–water partition coefficient (Wildman–Crippen LogP) is 3.57. The smallest absolute Gasteiger partial charge is 0.00768 e. The third kappa shape index (κ3) is 7.38. The standard InChI is InChI=1S/C16H34N2/c1-3-5-6-15-7-9-16(10-8-15)14-18-13-12-17-11-4-2/h15-18H,3-14H2,1-2H3. The molecule has 0 aliphatic heterocycles. The van der Waals surface area contributed by atoms with Crippen molar-refractivity contribution in [2.75, 3.05) is 26.2 Å². The highest BCUT2D eigenvalue weighted by molar-refractivity contribution is 4.74. The predicted molar refractivity (Wildman–Crippen MR) is 81.0 cm³/mol. The molecule has 108 valence electrons. The fraction of sp³-hybridized carbons (Fsp3) is 1.00. The minimum absolute atomic E-state index is 0.953. The van der Waals surface area contributed by atoms with Crippen LogP contribution in [-0.2, 0) is 0 Å². The van der Waals surface area contributed by atoms with Crippen molar-refractivity contribution >= 4 is 0 Å². The molecular formula is C16H34N2. The van der Waals surface area contributed by atoms with Crippen molar-refractivity contribution in [3.63, 3.8) is 0 Å². The maximum Gasteiger partial charge on any atom is 0.00768 e. The number of rotatable bonds is 10. The van der Waals surface area contributed by atoms with Crippen LogP contribution in [0, 0.1) is 11.8 Å². The van der Waals surface area contributed by atoms with Gasteiger partial charge in [-0.2, -0.15) is 0 Å². The highest BCUT2D eigenvalue weighted by Crippen LogP contribution is 2.31. The van der Waals surface area contributed by atoms with E-state index in [0.29, 0.717) is 0 Å². The second-order valence-corrected chi connectivity index (χ2v) is 5.98. The van der Waals surface area contributed by atoms with Gasteiger partial charge < -0.3 is 10.6 Å². The van der Waals surface area contributed by atoms with Crippen LogP contribution in [0.25, 0.3) is 0 Å². The molecule has 0 unspecified atom stereocenters. The van der Waals surface area contributed by atoms with E-state index in [-0.39, 0.29) is 0 Å². The summed E-state index contributed by atoms with van der Waals surface area (Å²) in [5, 5.41) is 7.05. The van der Waals surface area contributed by atoms with E-state index in [0.717, 1.165) is 31.5 Å². The summed E-state index contributed by atoms with van der Waals surface area (Å²) in [5.74, 6) is 2.00. The first-order valence-electron chi connectivity index (χ1n) is 8.28. The number of hydrogen-bond acceptors (Lipinski definition) is 2. The number of unbranched alkanes of at least 4 members (excludes halogenated alkanes) is 1. The van der Waals surface area contributed by atoms with Gasteiger partial charge in [0, 0.05) is 13.1 Å². The summed E-state index contributed by atoms with van der Waals surface area (Å²) in [6, 6.07) is 0. The van der Waals surface area contributed by atoms with Gasteiger partial charge in [-0.3, -0.25) is 0 Å². The Balaban J connectivity index is 1.92. The summed E-state index contributed by atoms with van der Waals surface area (Å²) in [5.41, 5.74) is 0. The van der Waals surface area contributed by atoms with Gasteiger partial charge in [0.25, 0.3) is 0 Å². The third-order valence-corrected chi connectivity index (χ3v) is 4.27. The van der Waals surface area contributed by atoms with Crippen LogP contribution < -0.4 is 10.6 Å². The molecule has 0 aromatic rings. The van der Waals surface area contributed by atoms with Crippen molar-refractivity contribution < 1.29 is 0 Å². The molecule has 1 aliphatic carbocycles. The largest absolute Gasteiger partial charge is 0.315 e. The van der Waals surface area contributed by atoms with Crippen molar-refractivity contribution in [2.24, 2.45) is 11.8 Å². The molecule has 1 rings (SSSR count). The molecule has 1 saturated carbocycles. The van der Waals surface area contributed by atoms with Crippen LogP contribution in [0.15, 0.2) is 0 Å². The summed E-state index contributed by atoms with van der Waals surface area (Å²) in [7, 11) is 0. The van der Waals surface area contributed by atoms with Crippen LogP contribution in [0.1, 0.15) is 65.2 Å². The minimum Gasteiger partial charge on any atom is -0.315 e. The van der Waals surface area contributed by atoms with Gasteiger partial charge in [-0.1, -0.05) is 46.0 Å². The molecule has 0 aromatic carbocycles. The van der Waals surface area contributed by atoms with E-state index in [2.05, 4.69) is 24.5 Å². The molecule has 1 aliphatic rings. The monoisotopic (exact) mass is 254 g/mol. The van der Waals surface area contributed by atoms with Gasteiger partial charge in [0.2, 0.25) is 0 Å². The molecule has 18 heavy (non-hydrogen) atoms. The molecule has 0 spiro atoms. The van der Waals surface area contributed by atoms with Gasteiger partial charge in [0.15, 0.2) is 0 Å². The molecule has 2 N–H and O–H groups in total. The van der Waals surface area contributed by atoms with Crippen molar-refractivity contribution in [1.29, 1.82) is 0 Å². The van der Waals surface area contributed by atoms with Crippen LogP contribution in [0.3, 0.4) is 0 Å². The first kappa shape index (κ1) is 16.0. The average Bonchev–Trinajstić information content (AvgIpc) is 2.42. The van der Waals surface area contributed by atoms with Crippen LogP contribution in [0.5, 0.6) is 0 Å². The Labute approximate surface area is 114 Å². The zero-order valence-electron chi connectivity index (χ0n) is 12.6. The second kappa shape index (κ2) is 10.8. The fourth-order valence-electron chi connectivity index (χ4n) is 3.00. The highest BCUT2D eigenvalue weighted by atomic mass is 14.9. The fourth-order valence-corrected chi connectivity index (χ4v) is 3.00. The lowest BCUT2D eigenvalue weighted by Crippen LogP contribution is -2.32. The summed E-state index contributed by atoms with van der Waals surface area (Å²) in [6.07, 6.45) is 11.4. The summed E-state index contributed by atoms with van der Waals surface area (Å²) < 4.78 is 0. The van der Waals surface area contributed by atoms with Gasteiger partial charge in [-0.15, -0.1) is 0 Å². The number of hydrogen-bond donors (Lipinski definition) is 2. The lowest BCUT2D eigenvalue weighted by Gasteiger charge is -2.28. The van der Waals surface area contributed by atoms with Crippen LogP contribution in [0.4, 0.5) is 0 Å². The van der Waals surface area contributed by atoms with Gasteiger partial charge in [-0.05, 0) is 44.2 Å². The van der Waals surface area contributed by atoms with E-state index >= 15 is 0 Å². The first-order chi connectivity index (χ1) is 8.86. The molecule has 0 bridgehead atoms. The second-order valence-electron chi connectivity index (χ2n) is 5.98. The minimum atomic E-state index is 0.953. The zero-order chi connectivity index (χ0) is 13.1. The maximum atomic E-state index is 3.61. The molecule has 0 atom stereocenters. The topological polar surface area (TPSA) is 24.1 Å². The lowest BCUT2D eigenvalue weighted by atomic mass is 9.80. The van der Waals surface area contributed by atoms with E-state index in [1.54, 1.807) is 0 Å². The Morgan fingerprint density at radius 3 is 2.11 bits per heavy atom. The maximum absolute atomic E-state index is 3.61. The van der Waals surface area contributed by atoms with Gasteiger partial charge in [-0.25, -0.2) is 0 Å². The first-order valence-corrected chi connectivity index (χ1v) is 8.28. The van der Waals surface area contributed by atoms with Gasteiger partial charge >= 0.3 is 0 Å². The van der Waals surface area contributed by atoms with E-state index in [4.69, 9.17) is 0 Å².